The number of imidazole rings is 1. The third kappa shape index (κ3) is 34.9. The molecule has 2 aromatic heterocycles. The maximum atomic E-state index is 13.0. The van der Waals surface area contributed by atoms with E-state index in [2.05, 4.69) is 228 Å². The molecule has 18 rings (SSSR count). The van der Waals surface area contributed by atoms with Gasteiger partial charge in [0.15, 0.2) is 5.69 Å². The largest absolute Gasteiger partial charge is 0.497 e. The Morgan fingerprint density at radius 1 is 0.379 bits per heavy atom. The van der Waals surface area contributed by atoms with Gasteiger partial charge in [0.05, 0.1) is 95.2 Å². The van der Waals surface area contributed by atoms with Crippen molar-refractivity contribution >= 4 is 5.69 Å². The summed E-state index contributed by atoms with van der Waals surface area (Å²) in [5, 5.41) is 20.8. The minimum atomic E-state index is -4.29. The molecule has 0 amide bonds. The molecule has 6 N–H and O–H groups in total. The predicted molar refractivity (Wildman–Crippen MR) is 519 cm³/mol. The maximum absolute atomic E-state index is 13.0. The normalized spacial score (nSPS) is 21.7. The number of ether oxygens (including phenoxy) is 6. The molecule has 0 aliphatic carbocycles. The van der Waals surface area contributed by atoms with Crippen molar-refractivity contribution < 1.29 is 46.0 Å². The van der Waals surface area contributed by atoms with Gasteiger partial charge < -0.3 is 64.9 Å². The monoisotopic (exact) mass is 1790 g/mol. The van der Waals surface area contributed by atoms with Gasteiger partial charge in [0.25, 0.3) is 0 Å². The van der Waals surface area contributed by atoms with E-state index >= 15 is 0 Å². The Labute approximate surface area is 779 Å². The van der Waals surface area contributed by atoms with Gasteiger partial charge in [0.1, 0.15) is 11.6 Å². The quantitative estimate of drug-likeness (QED) is 0.0203. The molecular formula is C112H132F4N10O6. The molecule has 132 heavy (non-hydrogen) atoms. The minimum Gasteiger partial charge on any atom is -0.497 e. The van der Waals surface area contributed by atoms with Crippen LogP contribution < -0.4 is 36.6 Å². The zero-order chi connectivity index (χ0) is 91.4. The van der Waals surface area contributed by atoms with Crippen LogP contribution in [-0.2, 0) is 95.0 Å². The molecule has 12 aromatic rings. The van der Waals surface area contributed by atoms with E-state index < -0.39 is 11.7 Å². The van der Waals surface area contributed by atoms with Gasteiger partial charge >= 0.3 is 6.18 Å². The van der Waals surface area contributed by atoms with E-state index in [1.54, 1.807) is 31.6 Å². The second kappa shape index (κ2) is 54.3. The van der Waals surface area contributed by atoms with Gasteiger partial charge in [0.2, 0.25) is 0 Å². The van der Waals surface area contributed by atoms with Gasteiger partial charge in [0, 0.05) is 70.0 Å². The Kier molecular flexibility index (Phi) is 40.6. The molecule has 16 nitrogen and oxygen atoms in total. The van der Waals surface area contributed by atoms with Crippen LogP contribution in [0.3, 0.4) is 0 Å². The summed E-state index contributed by atoms with van der Waals surface area (Å²) in [6.07, 6.45) is 18.2. The van der Waals surface area contributed by atoms with Crippen LogP contribution in [0.1, 0.15) is 123 Å². The Bertz CT molecular complexity index is 5210. The first-order valence-electron chi connectivity index (χ1n) is 47.2. The summed E-state index contributed by atoms with van der Waals surface area (Å²) in [5.74, 6) is 4.21. The lowest BCUT2D eigenvalue weighted by molar-refractivity contribution is -0.137. The van der Waals surface area contributed by atoms with E-state index in [4.69, 9.17) is 35.0 Å². The topological polar surface area (TPSA) is 163 Å². The van der Waals surface area contributed by atoms with E-state index in [1.807, 2.05) is 97.6 Å². The van der Waals surface area contributed by atoms with E-state index in [-0.39, 0.29) is 24.1 Å². The highest BCUT2D eigenvalue weighted by atomic mass is 19.4. The summed E-state index contributed by atoms with van der Waals surface area (Å²) in [6, 6.07) is 94.0. The van der Waals surface area contributed by atoms with Crippen molar-refractivity contribution in [3.8, 4) is 5.75 Å². The fraction of sp³-hybridized carbons (Fsp3) is 0.384. The summed E-state index contributed by atoms with van der Waals surface area (Å²) in [5.41, 5.74) is 14.9. The number of nitrogens with zero attached hydrogens (tertiary/aromatic N) is 4. The number of alkyl halides is 3. The Morgan fingerprint density at radius 2 is 0.765 bits per heavy atom. The van der Waals surface area contributed by atoms with E-state index in [9.17, 15) is 17.6 Å². The number of hydrogen-bond acceptors (Lipinski definition) is 14. The van der Waals surface area contributed by atoms with Gasteiger partial charge in [-0.15, -0.1) is 0 Å². The molecule has 6 aliphatic rings. The molecule has 20 heteroatoms. The van der Waals surface area contributed by atoms with Crippen LogP contribution in [0.25, 0.3) is 4.85 Å². The second-order valence-electron chi connectivity index (χ2n) is 35.8. The lowest BCUT2D eigenvalue weighted by atomic mass is 9.86. The molecule has 6 saturated heterocycles. The molecule has 8 heterocycles. The maximum Gasteiger partial charge on any atom is 0.416 e. The number of aryl methyl sites for hydroxylation is 1. The number of halogens is 4. The van der Waals surface area contributed by atoms with Crippen LogP contribution >= 0.6 is 0 Å². The molecule has 6 fully saturated rings. The van der Waals surface area contributed by atoms with Crippen LogP contribution in [0.15, 0.2) is 316 Å². The molecule has 6 aliphatic heterocycles. The number of rotatable bonds is 28. The van der Waals surface area contributed by atoms with Crippen LogP contribution in [-0.4, -0.2) is 131 Å². The van der Waals surface area contributed by atoms with Crippen LogP contribution in [0.5, 0.6) is 5.75 Å². The molecule has 694 valence electrons. The highest BCUT2D eigenvalue weighted by molar-refractivity contribution is 5.46. The van der Waals surface area contributed by atoms with Crippen molar-refractivity contribution in [3.05, 3.63) is 406 Å². The first-order valence-corrected chi connectivity index (χ1v) is 47.2. The van der Waals surface area contributed by atoms with Crippen molar-refractivity contribution in [2.45, 2.75) is 159 Å². The summed E-state index contributed by atoms with van der Waals surface area (Å²) in [6.45, 7) is 23.9. The van der Waals surface area contributed by atoms with Crippen molar-refractivity contribution in [2.24, 2.45) is 29.6 Å². The highest BCUT2D eigenvalue weighted by Gasteiger charge is 2.32. The third-order valence-corrected chi connectivity index (χ3v) is 25.2. The van der Waals surface area contributed by atoms with Gasteiger partial charge in [-0.25, -0.2) is 14.2 Å². The Hall–Kier alpha value is -10.9. The minimum absolute atomic E-state index is 0.0877. The molecule has 0 bridgehead atoms. The number of piperidine rings is 6. The molecular weight excluding hydrogens is 1660 g/mol. The number of benzene rings is 10. The highest BCUT2D eigenvalue weighted by Crippen LogP contribution is 2.35. The van der Waals surface area contributed by atoms with Crippen molar-refractivity contribution in [2.75, 3.05) is 85.6 Å². The smallest absolute Gasteiger partial charge is 0.416 e. The first kappa shape index (κ1) is 98.6. The summed E-state index contributed by atoms with van der Waals surface area (Å²) in [7, 11) is 1.69. The van der Waals surface area contributed by atoms with Crippen molar-refractivity contribution in [3.63, 3.8) is 0 Å². The standard InChI is InChI=1S/C20H22F3NO.C20H22N2O.C20H25NO2.C20H25NO.C18H22N2O.C14H16FN3/c21-20(22,23)18-8-6-16(7-9-18)14-25-19-11-17(12-24-13-19)10-15-4-2-1-3-5-15;1-21-19-9-5-8-17(11-19)15-23-20-12-18(13-22-14-20)10-16-6-3-2-4-7-16;1-22-19-9-5-8-17(11-19)15-23-20-12-18(13-21-14-20)10-16-6-3-2-4-7-16;1-16-6-5-9-18(10-16)15-22-20-12-19(13-21-14-20)11-17-7-3-2-4-8-17;1-2-5-15(6-3-1)9-17-10-18(13-20-12-17)21-14-16-7-4-8-19-11-16;15-12-3-1-11(2-4-12)13-5-6-16-9-14(13)18-8-7-17-10-18/h1-9,17,19,24H,10-14H2;2-9,11,18,20,22H,10,12-15H2;2-9,11,18,20-21H,10,12-15H2,1H3;2-10,19-21H,11-15H2,1H3;1-8,11,17-18,20H,9-10,12-14H2;1-4,7-8,10,13-14,16H,5-6,9H2/t17-,19+;2*18-,20+;19-,20+;17-,18+;13-,14+/m000001/s1. The second-order valence-corrected chi connectivity index (χ2v) is 35.8. The Balaban J connectivity index is 0.000000135. The summed E-state index contributed by atoms with van der Waals surface area (Å²) < 4.78 is 88.4. The SMILES string of the molecule is COc1cccc(CO[C@H]2CNC[C@@H](Cc3ccccc3)C2)c1.Cc1cccc(CO[C@H]2CNC[C@@H](Cc3ccccc3)C2)c1.FC(F)(F)c1ccc(CO[C@H]2CNC[C@@H](Cc3ccccc3)C2)cc1.Fc1ccc([C@H]2CCNC[C@@H]2n2ccnc2)cc1.[C-]#[N+]c1cccc(CO[C@H]2CNC[C@@H](Cc3ccccc3)C2)c1.c1ccc(C[C@@H]2CNC[C@H](OCc3cccnc3)C2)cc1. The van der Waals surface area contributed by atoms with Crippen molar-refractivity contribution in [1.82, 2.24) is 46.4 Å². The third-order valence-electron chi connectivity index (χ3n) is 25.2. The molecule has 0 unspecified atom stereocenters. The number of methoxy groups -OCH3 is 1. The van der Waals surface area contributed by atoms with Gasteiger partial charge in [-0.3, -0.25) is 4.98 Å². The summed E-state index contributed by atoms with van der Waals surface area (Å²) >= 11 is 0. The number of nitrogens with one attached hydrogen (secondary N) is 6. The van der Waals surface area contributed by atoms with Gasteiger partial charge in [-0.05, 0) is 250 Å². The number of pyridine rings is 1. The van der Waals surface area contributed by atoms with Crippen LogP contribution in [0.2, 0.25) is 0 Å². The zero-order valence-corrected chi connectivity index (χ0v) is 76.5. The van der Waals surface area contributed by atoms with Crippen LogP contribution in [0, 0.1) is 48.9 Å². The lowest BCUT2D eigenvalue weighted by Gasteiger charge is -2.33. The lowest BCUT2D eigenvalue weighted by Crippen LogP contribution is -2.41. The van der Waals surface area contributed by atoms with Crippen molar-refractivity contribution in [1.29, 1.82) is 0 Å². The average Bonchev–Trinajstić information content (AvgIpc) is 1.49. The number of hydrogen-bond donors (Lipinski definition) is 6. The Morgan fingerprint density at radius 3 is 1.15 bits per heavy atom. The average molecular weight is 1790 g/mol. The van der Waals surface area contributed by atoms with Gasteiger partial charge in [-0.2, -0.15) is 13.2 Å². The van der Waals surface area contributed by atoms with E-state index in [1.165, 1.54) is 56.6 Å². The summed E-state index contributed by atoms with van der Waals surface area (Å²) in [4.78, 5) is 11.7. The first-order chi connectivity index (χ1) is 64.7. The number of aromatic nitrogens is 3. The molecule has 12 atom stereocenters. The molecule has 0 saturated carbocycles. The van der Waals surface area contributed by atoms with Gasteiger partial charge in [-0.1, -0.05) is 248 Å². The predicted octanol–water partition coefficient (Wildman–Crippen LogP) is 20.7. The molecule has 10 aromatic carbocycles. The molecule has 0 spiro atoms. The van der Waals surface area contributed by atoms with E-state index in [0.29, 0.717) is 92.5 Å². The fourth-order valence-corrected chi connectivity index (χ4v) is 18.4. The zero-order valence-electron chi connectivity index (χ0n) is 76.5. The van der Waals surface area contributed by atoms with Crippen LogP contribution in [0.4, 0.5) is 23.2 Å². The molecule has 0 radical (unpaired) electrons. The van der Waals surface area contributed by atoms with E-state index in [0.717, 1.165) is 189 Å². The fourth-order valence-electron chi connectivity index (χ4n) is 18.4.